The lowest BCUT2D eigenvalue weighted by molar-refractivity contribution is 0.101. The van der Waals surface area contributed by atoms with Crippen LogP contribution in [0.1, 0.15) is 27.9 Å². The van der Waals surface area contributed by atoms with E-state index < -0.39 is 0 Å². The first kappa shape index (κ1) is 10.9. The third-order valence-electron chi connectivity index (χ3n) is 2.17. The Balaban J connectivity index is 2.23. The zero-order valence-electron chi connectivity index (χ0n) is 8.61. The Morgan fingerprint density at radius 1 is 1.38 bits per heavy atom. The van der Waals surface area contributed by atoms with Crippen LogP contribution in [0.4, 0.5) is 4.39 Å². The number of ketones is 1. The molecule has 0 saturated carbocycles. The molecule has 0 radical (unpaired) electrons. The fourth-order valence-corrected chi connectivity index (χ4v) is 2.10. The van der Waals surface area contributed by atoms with E-state index in [4.69, 9.17) is 0 Å². The molecule has 1 aromatic carbocycles. The summed E-state index contributed by atoms with van der Waals surface area (Å²) >= 11 is 1.20. The maximum Gasteiger partial charge on any atom is 0.181 e. The van der Waals surface area contributed by atoms with E-state index in [1.807, 2.05) is 0 Å². The molecule has 0 aliphatic carbocycles. The third kappa shape index (κ3) is 2.30. The highest BCUT2D eigenvalue weighted by Crippen LogP contribution is 2.16. The van der Waals surface area contributed by atoms with Gasteiger partial charge in [-0.15, -0.1) is 5.10 Å². The van der Waals surface area contributed by atoms with Gasteiger partial charge in [-0.1, -0.05) is 16.6 Å². The number of hydrogen-bond acceptors (Lipinski definition) is 4. The molecule has 0 atom stereocenters. The molecule has 0 unspecified atom stereocenters. The zero-order valence-corrected chi connectivity index (χ0v) is 9.42. The topological polar surface area (TPSA) is 42.9 Å². The van der Waals surface area contributed by atoms with Gasteiger partial charge >= 0.3 is 0 Å². The Morgan fingerprint density at radius 2 is 2.06 bits per heavy atom. The molecule has 0 amide bonds. The minimum Gasteiger partial charge on any atom is -0.293 e. The molecule has 16 heavy (non-hydrogen) atoms. The van der Waals surface area contributed by atoms with Crippen molar-refractivity contribution in [1.29, 1.82) is 0 Å². The Kier molecular flexibility index (Phi) is 3.05. The summed E-state index contributed by atoms with van der Waals surface area (Å²) in [5.41, 5.74) is 1.35. The van der Waals surface area contributed by atoms with E-state index in [9.17, 15) is 9.18 Å². The number of nitrogens with zero attached hydrogens (tertiary/aromatic N) is 2. The number of aromatic nitrogens is 2. The van der Waals surface area contributed by atoms with Crippen LogP contribution < -0.4 is 0 Å². The number of hydrogen-bond donors (Lipinski definition) is 0. The predicted molar refractivity (Wildman–Crippen MR) is 59.1 cm³/mol. The summed E-state index contributed by atoms with van der Waals surface area (Å²) in [6, 6.07) is 6.19. The maximum atomic E-state index is 12.7. The van der Waals surface area contributed by atoms with Gasteiger partial charge in [0.05, 0.1) is 4.88 Å². The van der Waals surface area contributed by atoms with Gasteiger partial charge in [0.2, 0.25) is 0 Å². The molecule has 1 heterocycles. The molecule has 0 spiro atoms. The summed E-state index contributed by atoms with van der Waals surface area (Å²) in [5, 5.41) is 3.77. The van der Waals surface area contributed by atoms with Gasteiger partial charge in [0.1, 0.15) is 11.5 Å². The highest BCUT2D eigenvalue weighted by atomic mass is 32.1. The SMILES string of the molecule is CC(=O)c1nnsc1Cc1ccc(F)cc1. The van der Waals surface area contributed by atoms with Crippen LogP contribution in [0.15, 0.2) is 24.3 Å². The lowest BCUT2D eigenvalue weighted by atomic mass is 10.1. The van der Waals surface area contributed by atoms with Crippen LogP contribution >= 0.6 is 11.5 Å². The average Bonchev–Trinajstić information content (AvgIpc) is 2.69. The molecule has 1 aromatic heterocycles. The maximum absolute atomic E-state index is 12.7. The van der Waals surface area contributed by atoms with Crippen molar-refractivity contribution < 1.29 is 9.18 Å². The first-order valence-corrected chi connectivity index (χ1v) is 5.51. The van der Waals surface area contributed by atoms with Gasteiger partial charge < -0.3 is 0 Å². The van der Waals surface area contributed by atoms with Crippen LogP contribution in [-0.4, -0.2) is 15.4 Å². The van der Waals surface area contributed by atoms with Crippen molar-refractivity contribution in [3.05, 3.63) is 46.2 Å². The molecule has 0 bridgehead atoms. The monoisotopic (exact) mass is 236 g/mol. The summed E-state index contributed by atoms with van der Waals surface area (Å²) in [5.74, 6) is -0.358. The molecular weight excluding hydrogens is 227 g/mol. The van der Waals surface area contributed by atoms with Crippen LogP contribution in [0.5, 0.6) is 0 Å². The van der Waals surface area contributed by atoms with Gasteiger partial charge in [0.25, 0.3) is 0 Å². The lowest BCUT2D eigenvalue weighted by Crippen LogP contribution is -1.98. The number of rotatable bonds is 3. The molecule has 2 aromatic rings. The van der Waals surface area contributed by atoms with Gasteiger partial charge in [-0.2, -0.15) is 0 Å². The molecule has 0 N–H and O–H groups in total. The van der Waals surface area contributed by atoms with Gasteiger partial charge in [-0.05, 0) is 29.2 Å². The Labute approximate surface area is 96.1 Å². The highest BCUT2D eigenvalue weighted by molar-refractivity contribution is 7.05. The van der Waals surface area contributed by atoms with Crippen molar-refractivity contribution in [3.63, 3.8) is 0 Å². The molecule has 0 fully saturated rings. The minimum atomic E-state index is -0.266. The van der Waals surface area contributed by atoms with Crippen LogP contribution in [-0.2, 0) is 6.42 Å². The second kappa shape index (κ2) is 4.49. The molecule has 2 rings (SSSR count). The number of Topliss-reactive ketones (excluding diaryl/α,β-unsaturated/α-hetero) is 1. The van der Waals surface area contributed by atoms with Gasteiger partial charge in [-0.3, -0.25) is 4.79 Å². The second-order valence-corrected chi connectivity index (χ2v) is 4.24. The number of halogens is 1. The van der Waals surface area contributed by atoms with E-state index in [0.717, 1.165) is 10.4 Å². The largest absolute Gasteiger partial charge is 0.293 e. The Hall–Kier alpha value is -1.62. The first-order valence-electron chi connectivity index (χ1n) is 4.73. The molecule has 0 aliphatic rings. The van der Waals surface area contributed by atoms with Gasteiger partial charge in [-0.25, -0.2) is 4.39 Å². The molecule has 0 aliphatic heterocycles. The summed E-state index contributed by atoms with van der Waals surface area (Å²) in [7, 11) is 0. The summed E-state index contributed by atoms with van der Waals surface area (Å²) in [6.45, 7) is 1.46. The Morgan fingerprint density at radius 3 is 2.69 bits per heavy atom. The van der Waals surface area contributed by atoms with Gasteiger partial charge in [0, 0.05) is 13.3 Å². The fourth-order valence-electron chi connectivity index (χ4n) is 1.38. The zero-order chi connectivity index (χ0) is 11.5. The van der Waals surface area contributed by atoms with Crippen molar-refractivity contribution >= 4 is 17.3 Å². The van der Waals surface area contributed by atoms with E-state index in [1.165, 1.54) is 30.6 Å². The lowest BCUT2D eigenvalue weighted by Gasteiger charge is -1.99. The van der Waals surface area contributed by atoms with E-state index in [0.29, 0.717) is 12.1 Å². The highest BCUT2D eigenvalue weighted by Gasteiger charge is 2.12. The van der Waals surface area contributed by atoms with Gasteiger partial charge in [0.15, 0.2) is 5.78 Å². The fraction of sp³-hybridized carbons (Fsp3) is 0.182. The smallest absolute Gasteiger partial charge is 0.181 e. The van der Waals surface area contributed by atoms with Crippen molar-refractivity contribution in [1.82, 2.24) is 9.59 Å². The third-order valence-corrected chi connectivity index (χ3v) is 2.89. The van der Waals surface area contributed by atoms with Crippen LogP contribution in [0.25, 0.3) is 0 Å². The van der Waals surface area contributed by atoms with Crippen LogP contribution in [0, 0.1) is 5.82 Å². The van der Waals surface area contributed by atoms with E-state index in [1.54, 1.807) is 12.1 Å². The van der Waals surface area contributed by atoms with E-state index in [2.05, 4.69) is 9.59 Å². The Bertz CT molecular complexity index is 507. The summed E-state index contributed by atoms with van der Waals surface area (Å²) in [6.07, 6.45) is 0.562. The van der Waals surface area contributed by atoms with Crippen molar-refractivity contribution in [2.45, 2.75) is 13.3 Å². The molecular formula is C11H9FN2OS. The standard InChI is InChI=1S/C11H9FN2OS/c1-7(15)11-10(16-14-13-11)6-8-2-4-9(12)5-3-8/h2-5H,6H2,1H3. The van der Waals surface area contributed by atoms with Crippen LogP contribution in [0.3, 0.4) is 0 Å². The van der Waals surface area contributed by atoms with Crippen molar-refractivity contribution in [3.8, 4) is 0 Å². The van der Waals surface area contributed by atoms with Crippen molar-refractivity contribution in [2.75, 3.05) is 0 Å². The predicted octanol–water partition coefficient (Wildman–Crippen LogP) is 2.47. The molecule has 0 saturated heterocycles. The molecule has 3 nitrogen and oxygen atoms in total. The minimum absolute atomic E-state index is 0.0918. The molecule has 82 valence electrons. The average molecular weight is 236 g/mol. The molecule has 5 heteroatoms. The summed E-state index contributed by atoms with van der Waals surface area (Å²) < 4.78 is 16.5. The quantitative estimate of drug-likeness (QED) is 0.769. The first-order chi connectivity index (χ1) is 7.66. The second-order valence-electron chi connectivity index (χ2n) is 3.40. The van der Waals surface area contributed by atoms with Crippen molar-refractivity contribution in [2.24, 2.45) is 0 Å². The van der Waals surface area contributed by atoms with Crippen LogP contribution in [0.2, 0.25) is 0 Å². The number of carbonyl (C=O) groups is 1. The normalized spacial score (nSPS) is 10.4. The van der Waals surface area contributed by atoms with E-state index >= 15 is 0 Å². The summed E-state index contributed by atoms with van der Waals surface area (Å²) in [4.78, 5) is 12.0. The van der Waals surface area contributed by atoms with E-state index in [-0.39, 0.29) is 11.6 Å². The number of carbonyl (C=O) groups excluding carboxylic acids is 1. The number of benzene rings is 1.